The maximum atomic E-state index is 13.0. The van der Waals surface area contributed by atoms with Crippen molar-refractivity contribution in [1.29, 1.82) is 0 Å². The highest BCUT2D eigenvalue weighted by Gasteiger charge is 2.29. The van der Waals surface area contributed by atoms with Crippen molar-refractivity contribution < 1.29 is 14.3 Å². The summed E-state index contributed by atoms with van der Waals surface area (Å²) in [5.74, 6) is 1.39. The van der Waals surface area contributed by atoms with Crippen molar-refractivity contribution in [3.63, 3.8) is 0 Å². The largest absolute Gasteiger partial charge is 0.497 e. The van der Waals surface area contributed by atoms with Gasteiger partial charge in [-0.15, -0.1) is 5.10 Å². The summed E-state index contributed by atoms with van der Waals surface area (Å²) in [5, 5.41) is 11.6. The van der Waals surface area contributed by atoms with E-state index < -0.39 is 6.04 Å². The van der Waals surface area contributed by atoms with Crippen LogP contribution in [0.1, 0.15) is 17.4 Å². The lowest BCUT2D eigenvalue weighted by atomic mass is 10.0. The Morgan fingerprint density at radius 1 is 1.38 bits per heavy atom. The minimum atomic E-state index is -0.481. The highest BCUT2D eigenvalue weighted by Crippen LogP contribution is 2.21. The Morgan fingerprint density at radius 2 is 2.17 bits per heavy atom. The number of aryl methyl sites for hydroxylation is 1. The van der Waals surface area contributed by atoms with Crippen LogP contribution in [0, 0.1) is 6.92 Å². The van der Waals surface area contributed by atoms with E-state index in [4.69, 9.17) is 9.47 Å². The van der Waals surface area contributed by atoms with Crippen molar-refractivity contribution in [3.8, 4) is 5.75 Å². The van der Waals surface area contributed by atoms with Crippen molar-refractivity contribution in [2.24, 2.45) is 0 Å². The summed E-state index contributed by atoms with van der Waals surface area (Å²) in [5.41, 5.74) is 0.996. The monoisotopic (exact) mass is 331 g/mol. The standard InChI is InChI=1S/C16H21N5O3/c1-12-17-18-19-21(12)15(16(22)20-6-8-24-9-7-20)11-13-4-3-5-14(10-13)23-2/h3-5,10,15H,6-9,11H2,1-2H3/t15-/m0/s1. The average molecular weight is 331 g/mol. The number of tetrazole rings is 1. The lowest BCUT2D eigenvalue weighted by molar-refractivity contribution is -0.139. The molecule has 1 atom stereocenters. The summed E-state index contributed by atoms with van der Waals surface area (Å²) in [6, 6.07) is 7.22. The molecule has 24 heavy (non-hydrogen) atoms. The lowest BCUT2D eigenvalue weighted by Crippen LogP contribution is -2.45. The van der Waals surface area contributed by atoms with E-state index in [-0.39, 0.29) is 5.91 Å². The second kappa shape index (κ2) is 7.39. The third kappa shape index (κ3) is 3.53. The van der Waals surface area contributed by atoms with Crippen molar-refractivity contribution in [3.05, 3.63) is 35.7 Å². The highest BCUT2D eigenvalue weighted by atomic mass is 16.5. The predicted octanol–water partition coefficient (Wildman–Crippen LogP) is 0.633. The number of aromatic nitrogens is 4. The highest BCUT2D eigenvalue weighted by molar-refractivity contribution is 5.80. The molecule has 1 saturated heterocycles. The zero-order valence-electron chi connectivity index (χ0n) is 13.9. The molecule has 1 amide bonds. The van der Waals surface area contributed by atoms with Crippen LogP contribution in [0.15, 0.2) is 24.3 Å². The second-order valence-electron chi connectivity index (χ2n) is 5.68. The fourth-order valence-electron chi connectivity index (χ4n) is 2.82. The number of nitrogens with zero attached hydrogens (tertiary/aromatic N) is 5. The van der Waals surface area contributed by atoms with Gasteiger partial charge in [0.15, 0.2) is 0 Å². The smallest absolute Gasteiger partial charge is 0.248 e. The molecule has 1 aromatic heterocycles. The van der Waals surface area contributed by atoms with Gasteiger partial charge >= 0.3 is 0 Å². The van der Waals surface area contributed by atoms with Crippen LogP contribution in [-0.4, -0.2) is 64.4 Å². The molecule has 0 aliphatic carbocycles. The van der Waals surface area contributed by atoms with E-state index in [0.29, 0.717) is 38.5 Å². The molecular formula is C16H21N5O3. The van der Waals surface area contributed by atoms with Gasteiger partial charge in [0.05, 0.1) is 20.3 Å². The lowest BCUT2D eigenvalue weighted by Gasteiger charge is -2.30. The Labute approximate surface area is 140 Å². The first-order chi connectivity index (χ1) is 11.7. The molecule has 8 heteroatoms. The maximum absolute atomic E-state index is 13.0. The van der Waals surface area contributed by atoms with Crippen molar-refractivity contribution >= 4 is 5.91 Å². The van der Waals surface area contributed by atoms with Crippen LogP contribution >= 0.6 is 0 Å². The molecule has 0 radical (unpaired) electrons. The van der Waals surface area contributed by atoms with Crippen LogP contribution in [0.3, 0.4) is 0 Å². The van der Waals surface area contributed by atoms with Crippen LogP contribution in [-0.2, 0) is 16.0 Å². The van der Waals surface area contributed by atoms with Gasteiger partial charge in [-0.3, -0.25) is 4.79 Å². The van der Waals surface area contributed by atoms with Crippen molar-refractivity contribution in [2.75, 3.05) is 33.4 Å². The molecule has 2 aromatic rings. The van der Waals surface area contributed by atoms with E-state index in [0.717, 1.165) is 11.3 Å². The van der Waals surface area contributed by atoms with E-state index in [2.05, 4.69) is 15.5 Å². The zero-order valence-corrected chi connectivity index (χ0v) is 13.9. The molecule has 0 unspecified atom stereocenters. The quantitative estimate of drug-likeness (QED) is 0.799. The Morgan fingerprint density at radius 3 is 2.83 bits per heavy atom. The second-order valence-corrected chi connectivity index (χ2v) is 5.68. The summed E-state index contributed by atoms with van der Waals surface area (Å²) < 4.78 is 12.2. The van der Waals surface area contributed by atoms with E-state index in [9.17, 15) is 4.79 Å². The van der Waals surface area contributed by atoms with E-state index in [1.165, 1.54) is 0 Å². The minimum Gasteiger partial charge on any atom is -0.497 e. The van der Waals surface area contributed by atoms with Gasteiger partial charge < -0.3 is 14.4 Å². The van der Waals surface area contributed by atoms with E-state index in [1.807, 2.05) is 29.2 Å². The number of amides is 1. The van der Waals surface area contributed by atoms with Crippen molar-refractivity contribution in [1.82, 2.24) is 25.1 Å². The number of hydrogen-bond acceptors (Lipinski definition) is 6. The first-order valence-corrected chi connectivity index (χ1v) is 7.93. The first-order valence-electron chi connectivity index (χ1n) is 7.93. The molecule has 0 spiro atoms. The van der Waals surface area contributed by atoms with Gasteiger partial charge in [-0.05, 0) is 35.0 Å². The topological polar surface area (TPSA) is 82.4 Å². The van der Waals surface area contributed by atoms with Crippen LogP contribution in [0.25, 0.3) is 0 Å². The molecule has 3 rings (SSSR count). The molecule has 128 valence electrons. The zero-order chi connectivity index (χ0) is 16.9. The summed E-state index contributed by atoms with van der Waals surface area (Å²) in [6.45, 7) is 4.10. The fraction of sp³-hybridized carbons (Fsp3) is 0.500. The van der Waals surface area contributed by atoms with Gasteiger partial charge in [0, 0.05) is 19.5 Å². The summed E-state index contributed by atoms with van der Waals surface area (Å²) >= 11 is 0. The van der Waals surface area contributed by atoms with Crippen LogP contribution in [0.4, 0.5) is 0 Å². The molecule has 1 fully saturated rings. The number of carbonyl (C=O) groups excluding carboxylic acids is 1. The number of methoxy groups -OCH3 is 1. The summed E-state index contributed by atoms with van der Waals surface area (Å²) in [6.07, 6.45) is 0.499. The van der Waals surface area contributed by atoms with Gasteiger partial charge in [-0.1, -0.05) is 12.1 Å². The number of rotatable bonds is 5. The molecule has 1 aliphatic heterocycles. The molecule has 0 bridgehead atoms. The van der Waals surface area contributed by atoms with Gasteiger partial charge in [-0.2, -0.15) is 0 Å². The maximum Gasteiger partial charge on any atom is 0.248 e. The van der Waals surface area contributed by atoms with Gasteiger partial charge in [0.1, 0.15) is 17.6 Å². The Hall–Kier alpha value is -2.48. The Bertz CT molecular complexity index is 697. The normalized spacial score (nSPS) is 16.0. The van der Waals surface area contributed by atoms with E-state index in [1.54, 1.807) is 18.7 Å². The first kappa shape index (κ1) is 16.4. The minimum absolute atomic E-state index is 0.0107. The third-order valence-corrected chi connectivity index (χ3v) is 4.12. The van der Waals surface area contributed by atoms with Crippen LogP contribution < -0.4 is 4.74 Å². The molecule has 0 N–H and O–H groups in total. The molecule has 1 aliphatic rings. The molecule has 8 nitrogen and oxygen atoms in total. The van der Waals surface area contributed by atoms with Gasteiger partial charge in [-0.25, -0.2) is 4.68 Å². The third-order valence-electron chi connectivity index (χ3n) is 4.12. The Balaban J connectivity index is 1.87. The van der Waals surface area contributed by atoms with Gasteiger partial charge in [0.25, 0.3) is 0 Å². The molecular weight excluding hydrogens is 310 g/mol. The fourth-order valence-corrected chi connectivity index (χ4v) is 2.82. The van der Waals surface area contributed by atoms with E-state index >= 15 is 0 Å². The van der Waals surface area contributed by atoms with Crippen molar-refractivity contribution in [2.45, 2.75) is 19.4 Å². The van der Waals surface area contributed by atoms with Crippen LogP contribution in [0.2, 0.25) is 0 Å². The average Bonchev–Trinajstić information content (AvgIpc) is 3.06. The summed E-state index contributed by atoms with van der Waals surface area (Å²) in [4.78, 5) is 14.8. The molecule has 0 saturated carbocycles. The Kier molecular flexibility index (Phi) is 5.05. The number of hydrogen-bond donors (Lipinski definition) is 0. The number of ether oxygens (including phenoxy) is 2. The number of morpholine rings is 1. The van der Waals surface area contributed by atoms with Crippen LogP contribution in [0.5, 0.6) is 5.75 Å². The molecule has 1 aromatic carbocycles. The number of benzene rings is 1. The predicted molar refractivity (Wildman–Crippen MR) is 85.7 cm³/mol. The van der Waals surface area contributed by atoms with Gasteiger partial charge in [0.2, 0.25) is 5.91 Å². The number of carbonyl (C=O) groups is 1. The summed E-state index contributed by atoms with van der Waals surface area (Å²) in [7, 11) is 1.63. The molecule has 2 heterocycles. The SMILES string of the molecule is COc1cccc(C[C@@H](C(=O)N2CCOCC2)n2nnnc2C)c1.